The van der Waals surface area contributed by atoms with E-state index in [1.54, 1.807) is 0 Å². The second kappa shape index (κ2) is 7.68. The number of likely N-dealkylation sites (tertiary alicyclic amines) is 1. The molecule has 0 radical (unpaired) electrons. The predicted molar refractivity (Wildman–Crippen MR) is 101 cm³/mol. The van der Waals surface area contributed by atoms with E-state index in [9.17, 15) is 9.59 Å². The van der Waals surface area contributed by atoms with Gasteiger partial charge in [0.05, 0.1) is 5.92 Å². The van der Waals surface area contributed by atoms with Crippen LogP contribution in [0.15, 0.2) is 24.3 Å². The molecule has 0 aromatic heterocycles. The molecule has 1 saturated carbocycles. The minimum atomic E-state index is -0.102. The lowest BCUT2D eigenvalue weighted by molar-refractivity contribution is -0.132. The van der Waals surface area contributed by atoms with E-state index >= 15 is 0 Å². The quantitative estimate of drug-likeness (QED) is 0.880. The minimum Gasteiger partial charge on any atom is -0.484 e. The maximum absolute atomic E-state index is 12.7. The molecule has 1 aliphatic heterocycles. The highest BCUT2D eigenvalue weighted by Gasteiger charge is 2.52. The van der Waals surface area contributed by atoms with Crippen LogP contribution in [0.25, 0.3) is 0 Å². The van der Waals surface area contributed by atoms with Crippen molar-refractivity contribution in [1.82, 2.24) is 10.2 Å². The van der Waals surface area contributed by atoms with Crippen LogP contribution in [-0.2, 0) is 9.59 Å². The second-order valence-electron chi connectivity index (χ2n) is 8.16. The molecular weight excluding hydrogens is 328 g/mol. The van der Waals surface area contributed by atoms with E-state index in [0.29, 0.717) is 18.8 Å². The van der Waals surface area contributed by atoms with E-state index < -0.39 is 0 Å². The maximum atomic E-state index is 12.7. The molecule has 3 rings (SSSR count). The van der Waals surface area contributed by atoms with E-state index in [1.807, 2.05) is 49.9 Å². The fourth-order valence-corrected chi connectivity index (χ4v) is 4.43. The minimum absolute atomic E-state index is 0.0258. The summed E-state index contributed by atoms with van der Waals surface area (Å²) >= 11 is 0. The van der Waals surface area contributed by atoms with E-state index in [0.717, 1.165) is 31.2 Å². The Morgan fingerprint density at radius 1 is 1.31 bits per heavy atom. The number of hydrogen-bond acceptors (Lipinski definition) is 3. The Labute approximate surface area is 156 Å². The fraction of sp³-hybridized carbons (Fsp3) is 0.619. The van der Waals surface area contributed by atoms with Gasteiger partial charge >= 0.3 is 0 Å². The highest BCUT2D eigenvalue weighted by molar-refractivity contribution is 5.84. The summed E-state index contributed by atoms with van der Waals surface area (Å²) in [5.41, 5.74) is 1.06. The number of rotatable bonds is 5. The third kappa shape index (κ3) is 4.02. The van der Waals surface area contributed by atoms with Crippen molar-refractivity contribution < 1.29 is 14.3 Å². The summed E-state index contributed by atoms with van der Waals surface area (Å²) in [5.74, 6) is 0.673. The molecule has 5 nitrogen and oxygen atoms in total. The molecule has 1 unspecified atom stereocenters. The van der Waals surface area contributed by atoms with Gasteiger partial charge in [0.25, 0.3) is 5.91 Å². The van der Waals surface area contributed by atoms with Crippen molar-refractivity contribution in [1.29, 1.82) is 0 Å². The van der Waals surface area contributed by atoms with E-state index in [2.05, 4.69) is 5.32 Å². The van der Waals surface area contributed by atoms with Gasteiger partial charge in [0.1, 0.15) is 5.75 Å². The zero-order valence-corrected chi connectivity index (χ0v) is 16.1. The van der Waals surface area contributed by atoms with Crippen LogP contribution in [0.1, 0.15) is 45.1 Å². The highest BCUT2D eigenvalue weighted by Crippen LogP contribution is 2.49. The summed E-state index contributed by atoms with van der Waals surface area (Å²) in [6.07, 6.45) is 4.36. The zero-order chi connectivity index (χ0) is 18.7. The monoisotopic (exact) mass is 358 g/mol. The highest BCUT2D eigenvalue weighted by atomic mass is 16.5. The number of aryl methyl sites for hydroxylation is 1. The SMILES string of the molecule is Cc1cccc(OCC(=O)N2CC(C(=O)NC(C)C)C3(CCCC3)C2)c1. The van der Waals surface area contributed by atoms with Crippen molar-refractivity contribution in [3.63, 3.8) is 0 Å². The molecule has 5 heteroatoms. The molecule has 1 atom stereocenters. The van der Waals surface area contributed by atoms with Crippen LogP contribution in [0.5, 0.6) is 5.75 Å². The van der Waals surface area contributed by atoms with Gasteiger partial charge in [0.2, 0.25) is 5.91 Å². The summed E-state index contributed by atoms with van der Waals surface area (Å²) in [4.78, 5) is 27.3. The Kier molecular flexibility index (Phi) is 5.54. The third-order valence-corrected chi connectivity index (χ3v) is 5.70. The van der Waals surface area contributed by atoms with Crippen molar-refractivity contribution in [2.45, 2.75) is 52.5 Å². The van der Waals surface area contributed by atoms with E-state index in [1.165, 1.54) is 0 Å². The predicted octanol–water partition coefficient (Wildman–Crippen LogP) is 2.92. The van der Waals surface area contributed by atoms with Gasteiger partial charge in [-0.25, -0.2) is 0 Å². The molecule has 26 heavy (non-hydrogen) atoms. The molecule has 1 saturated heterocycles. The van der Waals surface area contributed by atoms with Gasteiger partial charge < -0.3 is 15.0 Å². The van der Waals surface area contributed by atoms with Crippen LogP contribution in [0, 0.1) is 18.3 Å². The Balaban J connectivity index is 1.65. The largest absolute Gasteiger partial charge is 0.484 e. The average Bonchev–Trinajstić information content (AvgIpc) is 3.20. The van der Waals surface area contributed by atoms with Crippen LogP contribution in [0.2, 0.25) is 0 Å². The van der Waals surface area contributed by atoms with E-state index in [4.69, 9.17) is 4.74 Å². The standard InChI is InChI=1S/C21H30N2O3/c1-15(2)22-20(25)18-12-23(14-21(18)9-4-5-10-21)19(24)13-26-17-8-6-7-16(3)11-17/h6-8,11,15,18H,4-5,9-10,12-14H2,1-3H3,(H,22,25). The summed E-state index contributed by atoms with van der Waals surface area (Å²) in [5, 5.41) is 3.05. The van der Waals surface area contributed by atoms with Gasteiger partial charge in [-0.2, -0.15) is 0 Å². The molecule has 142 valence electrons. The first-order chi connectivity index (χ1) is 12.4. The Hall–Kier alpha value is -2.04. The van der Waals surface area contributed by atoms with Gasteiger partial charge in [0, 0.05) is 24.5 Å². The molecular formula is C21H30N2O3. The molecule has 2 aliphatic rings. The summed E-state index contributed by atoms with van der Waals surface area (Å²) in [6.45, 7) is 7.17. The molecule has 1 aromatic carbocycles. The first-order valence-corrected chi connectivity index (χ1v) is 9.67. The molecule has 0 bridgehead atoms. The lowest BCUT2D eigenvalue weighted by Gasteiger charge is -2.29. The number of ether oxygens (including phenoxy) is 1. The first kappa shape index (κ1) is 18.7. The van der Waals surface area contributed by atoms with Gasteiger partial charge in [0.15, 0.2) is 6.61 Å². The van der Waals surface area contributed by atoms with Crippen LogP contribution >= 0.6 is 0 Å². The van der Waals surface area contributed by atoms with Gasteiger partial charge in [-0.15, -0.1) is 0 Å². The smallest absolute Gasteiger partial charge is 0.260 e. The van der Waals surface area contributed by atoms with Crippen molar-refractivity contribution in [3.8, 4) is 5.75 Å². The Morgan fingerprint density at radius 2 is 2.04 bits per heavy atom. The van der Waals surface area contributed by atoms with Crippen LogP contribution in [0.4, 0.5) is 0 Å². The third-order valence-electron chi connectivity index (χ3n) is 5.70. The second-order valence-corrected chi connectivity index (χ2v) is 8.16. The molecule has 2 amide bonds. The Morgan fingerprint density at radius 3 is 2.69 bits per heavy atom. The molecule has 1 heterocycles. The fourth-order valence-electron chi connectivity index (χ4n) is 4.43. The number of nitrogens with zero attached hydrogens (tertiary/aromatic N) is 1. The van der Waals surface area contributed by atoms with Crippen LogP contribution in [-0.4, -0.2) is 42.5 Å². The number of hydrogen-bond donors (Lipinski definition) is 1. The number of carbonyl (C=O) groups is 2. The lowest BCUT2D eigenvalue weighted by atomic mass is 9.76. The number of benzene rings is 1. The molecule has 2 fully saturated rings. The summed E-state index contributed by atoms with van der Waals surface area (Å²) < 4.78 is 5.68. The summed E-state index contributed by atoms with van der Waals surface area (Å²) in [7, 11) is 0. The zero-order valence-electron chi connectivity index (χ0n) is 16.1. The van der Waals surface area contributed by atoms with Crippen LogP contribution in [0.3, 0.4) is 0 Å². The van der Waals surface area contributed by atoms with Crippen molar-refractivity contribution >= 4 is 11.8 Å². The summed E-state index contributed by atoms with van der Waals surface area (Å²) in [6, 6.07) is 7.83. The molecule has 1 N–H and O–H groups in total. The Bertz CT molecular complexity index is 665. The van der Waals surface area contributed by atoms with Gasteiger partial charge in [-0.05, 0) is 51.3 Å². The first-order valence-electron chi connectivity index (χ1n) is 9.67. The van der Waals surface area contributed by atoms with Gasteiger partial charge in [-0.1, -0.05) is 25.0 Å². The van der Waals surface area contributed by atoms with E-state index in [-0.39, 0.29) is 35.8 Å². The number of nitrogens with one attached hydrogen (secondary N) is 1. The maximum Gasteiger partial charge on any atom is 0.260 e. The van der Waals surface area contributed by atoms with Crippen molar-refractivity contribution in [2.24, 2.45) is 11.3 Å². The van der Waals surface area contributed by atoms with Crippen LogP contribution < -0.4 is 10.1 Å². The average molecular weight is 358 g/mol. The molecule has 1 spiro atoms. The number of carbonyl (C=O) groups excluding carboxylic acids is 2. The number of amides is 2. The molecule has 1 aliphatic carbocycles. The lowest BCUT2D eigenvalue weighted by Crippen LogP contribution is -2.42. The normalized spacial score (nSPS) is 21.4. The van der Waals surface area contributed by atoms with Gasteiger partial charge in [-0.3, -0.25) is 9.59 Å². The van der Waals surface area contributed by atoms with Crippen molar-refractivity contribution in [2.75, 3.05) is 19.7 Å². The molecule has 1 aromatic rings. The van der Waals surface area contributed by atoms with Crippen molar-refractivity contribution in [3.05, 3.63) is 29.8 Å². The topological polar surface area (TPSA) is 58.6 Å².